The Kier molecular flexibility index (Phi) is 12.3. The third-order valence-electron chi connectivity index (χ3n) is 16.1. The smallest absolute Gasteiger partial charge is 0.237 e. The number of nitrogens with zero attached hydrogens (tertiary/aromatic N) is 2. The first-order valence-electron chi connectivity index (χ1n) is 22.4. The highest BCUT2D eigenvalue weighted by Gasteiger charge is 2.85. The fourth-order valence-electron chi connectivity index (χ4n) is 12.2. The van der Waals surface area contributed by atoms with Crippen molar-refractivity contribution in [2.24, 2.45) is 45.3 Å². The highest BCUT2D eigenvalue weighted by Crippen LogP contribution is 2.88. The fraction of sp³-hybridized carbons (Fsp3) is 0.870. The first kappa shape index (κ1) is 42.2. The Morgan fingerprint density at radius 1 is 0.818 bits per heavy atom. The minimum Gasteiger partial charge on any atom is -0.345 e. The van der Waals surface area contributed by atoms with Crippen LogP contribution >= 0.6 is 0 Å². The molecular formula is C46H73N3O6. The summed E-state index contributed by atoms with van der Waals surface area (Å²) in [5.74, 6) is -2.20. The number of Topliss-reactive ketones (excluding diaryl/α,β-unsaturated/α-hetero) is 4. The SMILES string of the molecule is CCC[C@H](CC(=O)[C@@H]1C[C@@]2(CN1C(=O)[C@@H](CC(=O)[C@@H](NC(=O)[C@H]1CCCN1C(C)C)C1CCCCC1)C(C)(C)C)C(C)(C)C21CCC1)C(=O)C(=O)CC1CC1. The van der Waals surface area contributed by atoms with Crippen molar-refractivity contribution in [3.05, 3.63) is 0 Å². The lowest BCUT2D eigenvalue weighted by Crippen LogP contribution is -2.54. The third-order valence-corrected chi connectivity index (χ3v) is 16.1. The van der Waals surface area contributed by atoms with Crippen LogP contribution in [-0.2, 0) is 28.8 Å². The van der Waals surface area contributed by atoms with Crippen molar-refractivity contribution in [1.29, 1.82) is 0 Å². The van der Waals surface area contributed by atoms with Gasteiger partial charge in [0.1, 0.15) is 0 Å². The van der Waals surface area contributed by atoms with Crippen molar-refractivity contribution < 1.29 is 28.8 Å². The van der Waals surface area contributed by atoms with E-state index in [1.54, 1.807) is 0 Å². The van der Waals surface area contributed by atoms with Crippen molar-refractivity contribution in [3.8, 4) is 0 Å². The molecule has 0 radical (unpaired) electrons. The maximum atomic E-state index is 15.2. The molecule has 6 atom stereocenters. The highest BCUT2D eigenvalue weighted by molar-refractivity contribution is 6.38. The standard InChI is InChI=1S/C46H73N3O6/c1-9-15-32(40(53)38(52)24-30-19-20-30)25-36(50)35-27-46(44(7,8)45(46)21-14-22-45)28-49(35)42(55)33(43(4,5)6)26-37(51)39(31-16-11-10-12-17-31)47-41(54)34-18-13-23-48(34)29(2)3/h29-35,39H,9-28H2,1-8H3,(H,47,54)/t32-,33-,34-,35+,39+,46-/m1/s1. The summed E-state index contributed by atoms with van der Waals surface area (Å²) in [5.41, 5.74) is -0.701. The molecule has 6 fully saturated rings. The number of carbonyl (C=O) groups excluding carboxylic acids is 6. The number of carbonyl (C=O) groups is 6. The van der Waals surface area contributed by atoms with Crippen molar-refractivity contribution in [1.82, 2.24) is 15.1 Å². The quantitative estimate of drug-likeness (QED) is 0.151. The number of rotatable bonds is 17. The predicted molar refractivity (Wildman–Crippen MR) is 214 cm³/mol. The molecule has 4 aliphatic carbocycles. The Labute approximate surface area is 331 Å². The molecule has 2 spiro atoms. The van der Waals surface area contributed by atoms with E-state index in [4.69, 9.17) is 0 Å². The average Bonchev–Trinajstić information content (AvgIpc) is 3.78. The van der Waals surface area contributed by atoms with Crippen LogP contribution in [0.5, 0.6) is 0 Å². The van der Waals surface area contributed by atoms with E-state index in [1.807, 2.05) is 32.6 Å². The Hall–Kier alpha value is -2.42. The van der Waals surface area contributed by atoms with E-state index in [9.17, 15) is 24.0 Å². The summed E-state index contributed by atoms with van der Waals surface area (Å²) in [6.45, 7) is 18.2. The maximum absolute atomic E-state index is 15.2. The predicted octanol–water partition coefficient (Wildman–Crippen LogP) is 7.66. The van der Waals surface area contributed by atoms with Crippen LogP contribution < -0.4 is 5.32 Å². The number of nitrogens with one attached hydrogen (secondary N) is 1. The molecule has 0 aromatic rings. The second-order valence-electron chi connectivity index (χ2n) is 20.9. The van der Waals surface area contributed by atoms with E-state index in [1.165, 1.54) is 0 Å². The van der Waals surface area contributed by atoms with Crippen LogP contribution in [0.1, 0.15) is 171 Å². The van der Waals surface area contributed by atoms with E-state index >= 15 is 4.79 Å². The fourth-order valence-corrected chi connectivity index (χ4v) is 12.2. The van der Waals surface area contributed by atoms with Crippen molar-refractivity contribution in [2.75, 3.05) is 13.1 Å². The second kappa shape index (κ2) is 16.1. The lowest BCUT2D eigenvalue weighted by atomic mass is 9.73. The van der Waals surface area contributed by atoms with Gasteiger partial charge in [-0.3, -0.25) is 33.7 Å². The number of hydrogen-bond donors (Lipinski definition) is 1. The van der Waals surface area contributed by atoms with Crippen molar-refractivity contribution >= 4 is 34.9 Å². The summed E-state index contributed by atoms with van der Waals surface area (Å²) < 4.78 is 0. The van der Waals surface area contributed by atoms with Crippen LogP contribution in [0.2, 0.25) is 0 Å². The van der Waals surface area contributed by atoms with Gasteiger partial charge in [0, 0.05) is 49.1 Å². The summed E-state index contributed by atoms with van der Waals surface area (Å²) in [4.78, 5) is 89.0. The van der Waals surface area contributed by atoms with Crippen LogP contribution in [0, 0.1) is 45.3 Å². The van der Waals surface area contributed by atoms with Crippen LogP contribution in [0.25, 0.3) is 0 Å². The molecule has 2 saturated heterocycles. The van der Waals surface area contributed by atoms with E-state index in [-0.39, 0.29) is 82.7 Å². The lowest BCUT2D eigenvalue weighted by molar-refractivity contribution is -0.147. The summed E-state index contributed by atoms with van der Waals surface area (Å²) in [6.07, 6.45) is 14.0. The zero-order chi connectivity index (χ0) is 40.1. The van der Waals surface area contributed by atoms with Gasteiger partial charge in [0.25, 0.3) is 0 Å². The van der Waals surface area contributed by atoms with E-state index < -0.39 is 35.1 Å². The Balaban J connectivity index is 1.26. The monoisotopic (exact) mass is 764 g/mol. The van der Waals surface area contributed by atoms with Gasteiger partial charge in [-0.15, -0.1) is 0 Å². The van der Waals surface area contributed by atoms with E-state index in [2.05, 4.69) is 37.9 Å². The minimum atomic E-state index is -0.685. The molecule has 0 aromatic carbocycles. The molecule has 0 unspecified atom stereocenters. The molecule has 2 aliphatic heterocycles. The second-order valence-corrected chi connectivity index (χ2v) is 20.9. The number of likely N-dealkylation sites (tertiary alicyclic amines) is 2. The Morgan fingerprint density at radius 3 is 2.04 bits per heavy atom. The van der Waals surface area contributed by atoms with Gasteiger partial charge < -0.3 is 10.2 Å². The molecule has 0 bridgehead atoms. The zero-order valence-electron chi connectivity index (χ0n) is 35.6. The molecule has 55 heavy (non-hydrogen) atoms. The Morgan fingerprint density at radius 2 is 1.49 bits per heavy atom. The first-order valence-corrected chi connectivity index (χ1v) is 22.4. The van der Waals surface area contributed by atoms with Gasteiger partial charge in [-0.25, -0.2) is 0 Å². The minimum absolute atomic E-state index is 0.00784. The molecule has 1 N–H and O–H groups in total. The van der Waals surface area contributed by atoms with Crippen molar-refractivity contribution in [3.63, 3.8) is 0 Å². The number of ketones is 4. The largest absolute Gasteiger partial charge is 0.345 e. The lowest BCUT2D eigenvalue weighted by Gasteiger charge is -2.37. The summed E-state index contributed by atoms with van der Waals surface area (Å²) in [6, 6.07) is -1.34. The van der Waals surface area contributed by atoms with Crippen LogP contribution in [0.3, 0.4) is 0 Å². The molecule has 308 valence electrons. The molecule has 2 heterocycles. The maximum Gasteiger partial charge on any atom is 0.237 e. The number of hydrogen-bond acceptors (Lipinski definition) is 7. The molecule has 2 amide bonds. The van der Waals surface area contributed by atoms with Gasteiger partial charge in [-0.1, -0.05) is 73.6 Å². The summed E-state index contributed by atoms with van der Waals surface area (Å²) in [7, 11) is 0. The molecule has 6 rings (SSSR count). The zero-order valence-corrected chi connectivity index (χ0v) is 35.6. The van der Waals surface area contributed by atoms with E-state index in [0.717, 1.165) is 83.6 Å². The molecule has 6 aliphatic rings. The molecule has 9 nitrogen and oxygen atoms in total. The average molecular weight is 764 g/mol. The molecule has 4 saturated carbocycles. The summed E-state index contributed by atoms with van der Waals surface area (Å²) >= 11 is 0. The van der Waals surface area contributed by atoms with Crippen LogP contribution in [0.4, 0.5) is 0 Å². The Bertz CT molecular complexity index is 1500. The molecular weight excluding hydrogens is 691 g/mol. The molecule has 0 aromatic heterocycles. The van der Waals surface area contributed by atoms with Crippen LogP contribution in [-0.4, -0.2) is 82.0 Å². The number of amides is 2. The normalized spacial score (nSPS) is 29.2. The topological polar surface area (TPSA) is 121 Å². The molecule has 9 heteroatoms. The van der Waals surface area contributed by atoms with E-state index in [0.29, 0.717) is 31.7 Å². The number of fused-ring (bicyclic) bond motifs is 1. The third kappa shape index (κ3) is 7.91. The van der Waals surface area contributed by atoms with Gasteiger partial charge in [0.2, 0.25) is 17.6 Å². The van der Waals surface area contributed by atoms with Gasteiger partial charge in [0.15, 0.2) is 17.3 Å². The van der Waals surface area contributed by atoms with Gasteiger partial charge >= 0.3 is 0 Å². The summed E-state index contributed by atoms with van der Waals surface area (Å²) in [5, 5.41) is 3.27. The first-order chi connectivity index (χ1) is 25.9. The van der Waals surface area contributed by atoms with Crippen molar-refractivity contribution in [2.45, 2.75) is 195 Å². The van der Waals surface area contributed by atoms with Gasteiger partial charge in [-0.2, -0.15) is 0 Å². The van der Waals surface area contributed by atoms with Gasteiger partial charge in [0.05, 0.1) is 18.1 Å². The highest BCUT2D eigenvalue weighted by atomic mass is 16.2. The van der Waals surface area contributed by atoms with Gasteiger partial charge in [-0.05, 0) is 113 Å². The van der Waals surface area contributed by atoms with Crippen LogP contribution in [0.15, 0.2) is 0 Å².